The predicted octanol–water partition coefficient (Wildman–Crippen LogP) is 1.10. The number of amidine groups is 1. The third kappa shape index (κ3) is 6.54. The number of rotatable bonds is 9. The van der Waals surface area contributed by atoms with Gasteiger partial charge in [0, 0.05) is 38.3 Å². The Morgan fingerprint density at radius 1 is 1.30 bits per heavy atom. The van der Waals surface area contributed by atoms with Crippen molar-refractivity contribution in [1.29, 1.82) is 0 Å². The molecule has 2 aliphatic heterocycles. The summed E-state index contributed by atoms with van der Waals surface area (Å²) in [5.41, 5.74) is 0.786. The first kappa shape index (κ1) is 22.3. The molecular weight excluding hydrogens is 406 g/mol. The Morgan fingerprint density at radius 2 is 2.03 bits per heavy atom. The Hall–Kier alpha value is -2.43. The molecule has 1 amide bonds. The van der Waals surface area contributed by atoms with Crippen LogP contribution in [0.1, 0.15) is 18.9 Å². The van der Waals surface area contributed by atoms with Crippen molar-refractivity contribution in [3.63, 3.8) is 0 Å². The summed E-state index contributed by atoms with van der Waals surface area (Å²) in [6.07, 6.45) is 1.32. The maximum Gasteiger partial charge on any atom is 0.305 e. The highest BCUT2D eigenvalue weighted by molar-refractivity contribution is 8.15. The molecule has 2 heterocycles. The Labute approximate surface area is 180 Å². The van der Waals surface area contributed by atoms with Gasteiger partial charge in [-0.25, -0.2) is 0 Å². The molecule has 0 saturated carbocycles. The minimum atomic E-state index is -1.02. The van der Waals surface area contributed by atoms with Gasteiger partial charge in [0.25, 0.3) is 0 Å². The maximum atomic E-state index is 11.7. The second kappa shape index (κ2) is 11.1. The highest BCUT2D eigenvalue weighted by atomic mass is 32.2. The standard InChI is InChI=1S/C20H27N5O4S/c1-2-24-7-9-25(10-8-24)11-12-29-16-6-4-3-5-15(16)14-21-23-20-22-19(28)17(30-20)13-18(26)27/h3-6,14,17H,2,7-13H2,1H3,(H,26,27)(H,22,23,28). The number of carbonyl (C=O) groups excluding carboxylic acids is 1. The number of aliphatic carboxylic acids is 1. The van der Waals surface area contributed by atoms with E-state index in [2.05, 4.69) is 32.2 Å². The van der Waals surface area contributed by atoms with Crippen LogP contribution in [-0.2, 0) is 9.59 Å². The summed E-state index contributed by atoms with van der Waals surface area (Å²) in [5, 5.41) is 19.0. The lowest BCUT2D eigenvalue weighted by atomic mass is 10.2. The molecule has 30 heavy (non-hydrogen) atoms. The average Bonchev–Trinajstić information content (AvgIpc) is 3.08. The number of nitrogens with one attached hydrogen (secondary N) is 1. The van der Waals surface area contributed by atoms with Crippen molar-refractivity contribution in [2.24, 2.45) is 10.2 Å². The van der Waals surface area contributed by atoms with Crippen molar-refractivity contribution in [2.45, 2.75) is 18.6 Å². The van der Waals surface area contributed by atoms with Crippen LogP contribution in [0.4, 0.5) is 0 Å². The number of nitrogens with zero attached hydrogens (tertiary/aromatic N) is 4. The maximum absolute atomic E-state index is 11.7. The number of thioether (sulfide) groups is 1. The Balaban J connectivity index is 1.50. The van der Waals surface area contributed by atoms with Gasteiger partial charge in [0.1, 0.15) is 17.6 Å². The van der Waals surface area contributed by atoms with Crippen LogP contribution in [0.25, 0.3) is 0 Å². The van der Waals surface area contributed by atoms with Crippen molar-refractivity contribution < 1.29 is 19.4 Å². The molecular formula is C20H27N5O4S. The van der Waals surface area contributed by atoms with Gasteiger partial charge in [0.15, 0.2) is 5.17 Å². The van der Waals surface area contributed by atoms with E-state index in [-0.39, 0.29) is 12.3 Å². The smallest absolute Gasteiger partial charge is 0.305 e. The molecule has 3 rings (SSSR count). The molecule has 2 fully saturated rings. The number of hydrogen-bond acceptors (Lipinski definition) is 8. The third-order valence-electron chi connectivity index (χ3n) is 4.98. The van der Waals surface area contributed by atoms with E-state index in [1.54, 1.807) is 6.21 Å². The fourth-order valence-corrected chi connectivity index (χ4v) is 4.14. The van der Waals surface area contributed by atoms with E-state index in [0.29, 0.717) is 11.8 Å². The summed E-state index contributed by atoms with van der Waals surface area (Å²) < 4.78 is 5.96. The molecule has 0 aromatic heterocycles. The van der Waals surface area contributed by atoms with E-state index in [1.165, 1.54) is 0 Å². The number of benzene rings is 1. The topological polar surface area (TPSA) is 107 Å². The van der Waals surface area contributed by atoms with Gasteiger partial charge in [-0.15, -0.1) is 5.10 Å². The Bertz CT molecular complexity index is 808. The van der Waals surface area contributed by atoms with Crippen molar-refractivity contribution in [2.75, 3.05) is 45.9 Å². The van der Waals surface area contributed by atoms with Gasteiger partial charge in [-0.2, -0.15) is 5.10 Å². The molecule has 1 aromatic rings. The lowest BCUT2D eigenvalue weighted by molar-refractivity contribution is -0.138. The lowest BCUT2D eigenvalue weighted by Gasteiger charge is -2.33. The number of piperazine rings is 1. The number of amides is 1. The first-order valence-corrected chi connectivity index (χ1v) is 10.9. The van der Waals surface area contributed by atoms with Gasteiger partial charge < -0.3 is 20.1 Å². The number of carbonyl (C=O) groups is 2. The predicted molar refractivity (Wildman–Crippen MR) is 117 cm³/mol. The average molecular weight is 434 g/mol. The zero-order valence-electron chi connectivity index (χ0n) is 17.0. The Morgan fingerprint density at radius 3 is 2.77 bits per heavy atom. The van der Waals surface area contributed by atoms with Gasteiger partial charge in [-0.3, -0.25) is 14.5 Å². The van der Waals surface area contributed by atoms with Gasteiger partial charge in [-0.1, -0.05) is 30.8 Å². The summed E-state index contributed by atoms with van der Waals surface area (Å²) in [5.74, 6) is -0.661. The van der Waals surface area contributed by atoms with E-state index in [4.69, 9.17) is 9.84 Å². The molecule has 2 aliphatic rings. The highest BCUT2D eigenvalue weighted by Gasteiger charge is 2.32. The van der Waals surface area contributed by atoms with Gasteiger partial charge >= 0.3 is 5.97 Å². The first-order chi connectivity index (χ1) is 14.5. The number of para-hydroxylation sites is 1. The summed E-state index contributed by atoms with van der Waals surface area (Å²) >= 11 is 1.07. The molecule has 2 saturated heterocycles. The van der Waals surface area contributed by atoms with Crippen LogP contribution in [0.5, 0.6) is 5.75 Å². The summed E-state index contributed by atoms with van der Waals surface area (Å²) in [7, 11) is 0. The van der Waals surface area contributed by atoms with Gasteiger partial charge in [0.05, 0.1) is 12.6 Å². The SMILES string of the molecule is CCN1CCN(CCOc2ccccc2C=NN=C2NC(=O)C(CC(=O)O)S2)CC1. The Kier molecular flexibility index (Phi) is 8.23. The minimum absolute atomic E-state index is 0.247. The zero-order chi connectivity index (χ0) is 21.3. The molecule has 1 unspecified atom stereocenters. The molecule has 0 spiro atoms. The van der Waals surface area contributed by atoms with E-state index < -0.39 is 11.2 Å². The molecule has 2 N–H and O–H groups in total. The van der Waals surface area contributed by atoms with Crippen molar-refractivity contribution in [3.8, 4) is 5.75 Å². The number of hydrogen-bond donors (Lipinski definition) is 2. The fraction of sp³-hybridized carbons (Fsp3) is 0.500. The van der Waals surface area contributed by atoms with E-state index in [1.807, 2.05) is 24.3 Å². The van der Waals surface area contributed by atoms with Crippen molar-refractivity contribution >= 4 is 35.0 Å². The second-order valence-electron chi connectivity index (χ2n) is 7.01. The molecule has 1 aromatic carbocycles. The van der Waals surface area contributed by atoms with Gasteiger partial charge in [0.2, 0.25) is 5.91 Å². The molecule has 1 atom stereocenters. The van der Waals surface area contributed by atoms with E-state index >= 15 is 0 Å². The van der Waals surface area contributed by atoms with Gasteiger partial charge in [-0.05, 0) is 18.7 Å². The van der Waals surface area contributed by atoms with E-state index in [9.17, 15) is 9.59 Å². The summed E-state index contributed by atoms with van der Waals surface area (Å²) in [6.45, 7) is 9.07. The van der Waals surface area contributed by atoms with Crippen molar-refractivity contribution in [1.82, 2.24) is 15.1 Å². The number of ether oxygens (including phenoxy) is 1. The van der Waals surface area contributed by atoms with Crippen LogP contribution in [0.2, 0.25) is 0 Å². The van der Waals surface area contributed by atoms with Crippen LogP contribution in [0.15, 0.2) is 34.5 Å². The van der Waals surface area contributed by atoms with Crippen LogP contribution in [-0.4, -0.2) is 89.3 Å². The fourth-order valence-electron chi connectivity index (χ4n) is 3.22. The normalized spacial score (nSPS) is 22.0. The van der Waals surface area contributed by atoms with E-state index in [0.717, 1.165) is 62.3 Å². The second-order valence-corrected chi connectivity index (χ2v) is 8.20. The molecule has 0 aliphatic carbocycles. The largest absolute Gasteiger partial charge is 0.492 e. The van der Waals surface area contributed by atoms with Crippen LogP contribution in [0.3, 0.4) is 0 Å². The summed E-state index contributed by atoms with van der Waals surface area (Å²) in [4.78, 5) is 27.4. The third-order valence-corrected chi connectivity index (χ3v) is 6.05. The minimum Gasteiger partial charge on any atom is -0.492 e. The monoisotopic (exact) mass is 433 g/mol. The molecule has 162 valence electrons. The molecule has 9 nitrogen and oxygen atoms in total. The quantitative estimate of drug-likeness (QED) is 0.444. The van der Waals surface area contributed by atoms with Crippen LogP contribution < -0.4 is 10.1 Å². The highest BCUT2D eigenvalue weighted by Crippen LogP contribution is 2.22. The number of carboxylic acid groups (broad SMARTS) is 1. The molecule has 0 radical (unpaired) electrons. The first-order valence-electron chi connectivity index (χ1n) is 10.0. The number of likely N-dealkylation sites (N-methyl/N-ethyl adjacent to an activating group) is 1. The molecule has 10 heteroatoms. The summed E-state index contributed by atoms with van der Waals surface area (Å²) in [6, 6.07) is 7.56. The lowest BCUT2D eigenvalue weighted by Crippen LogP contribution is -2.47. The van der Waals surface area contributed by atoms with Crippen molar-refractivity contribution in [3.05, 3.63) is 29.8 Å². The number of carboxylic acids is 1. The van der Waals surface area contributed by atoms with Crippen LogP contribution in [0, 0.1) is 0 Å². The zero-order valence-corrected chi connectivity index (χ0v) is 17.8. The molecule has 0 bridgehead atoms. The van der Waals surface area contributed by atoms with Crippen LogP contribution >= 0.6 is 11.8 Å².